The minimum Gasteiger partial charge on any atom is -0.494 e. The van der Waals surface area contributed by atoms with Crippen LogP contribution in [0.1, 0.15) is 25.8 Å². The number of benzene rings is 2. The van der Waals surface area contributed by atoms with E-state index in [9.17, 15) is 4.79 Å². The van der Waals surface area contributed by atoms with Crippen molar-refractivity contribution in [3.63, 3.8) is 0 Å². The van der Waals surface area contributed by atoms with Gasteiger partial charge in [0.1, 0.15) is 5.75 Å². The Morgan fingerprint density at radius 2 is 2.17 bits per heavy atom. The Morgan fingerprint density at radius 3 is 2.97 bits per heavy atom. The van der Waals surface area contributed by atoms with Crippen LogP contribution >= 0.6 is 11.8 Å². The smallest absolute Gasteiger partial charge is 0.233 e. The van der Waals surface area contributed by atoms with Gasteiger partial charge in [0.2, 0.25) is 5.91 Å². The van der Waals surface area contributed by atoms with Gasteiger partial charge in [0.25, 0.3) is 0 Å². The maximum absolute atomic E-state index is 12.7. The number of carbonyl (C=O) groups is 1. The number of fused-ring (bicyclic) bond motifs is 1. The second kappa shape index (κ2) is 9.53. The van der Waals surface area contributed by atoms with Crippen LogP contribution in [-0.2, 0) is 11.3 Å². The second-order valence-corrected chi connectivity index (χ2v) is 8.96. The van der Waals surface area contributed by atoms with Gasteiger partial charge in [-0.2, -0.15) is 0 Å². The zero-order chi connectivity index (χ0) is 20.9. The second-order valence-electron chi connectivity index (χ2n) is 7.63. The Balaban J connectivity index is 1.29. The van der Waals surface area contributed by atoms with Gasteiger partial charge in [-0.25, -0.2) is 4.98 Å². The average molecular weight is 425 g/mol. The molecule has 2 heterocycles. The van der Waals surface area contributed by atoms with Crippen molar-refractivity contribution in [1.82, 2.24) is 20.2 Å². The zero-order valence-electron chi connectivity index (χ0n) is 17.4. The number of imidazole rings is 1. The van der Waals surface area contributed by atoms with Crippen molar-refractivity contribution in [2.45, 2.75) is 43.3 Å². The summed E-state index contributed by atoms with van der Waals surface area (Å²) in [5, 5.41) is 3.74. The van der Waals surface area contributed by atoms with E-state index in [1.165, 1.54) is 17.3 Å². The molecule has 30 heavy (non-hydrogen) atoms. The summed E-state index contributed by atoms with van der Waals surface area (Å²) in [5.41, 5.74) is 3.11. The number of aromatic nitrogens is 2. The quantitative estimate of drug-likeness (QED) is 0.538. The van der Waals surface area contributed by atoms with Crippen LogP contribution in [0, 0.1) is 0 Å². The molecule has 6 nitrogen and oxygen atoms in total. The third kappa shape index (κ3) is 5.15. The third-order valence-corrected chi connectivity index (χ3v) is 6.25. The van der Waals surface area contributed by atoms with Crippen molar-refractivity contribution in [2.75, 3.05) is 19.7 Å². The number of thioether (sulfide) groups is 1. The minimum atomic E-state index is -0.222. The van der Waals surface area contributed by atoms with Crippen LogP contribution in [0.4, 0.5) is 0 Å². The van der Waals surface area contributed by atoms with Gasteiger partial charge in [-0.1, -0.05) is 42.1 Å². The predicted molar refractivity (Wildman–Crippen MR) is 121 cm³/mol. The summed E-state index contributed by atoms with van der Waals surface area (Å²) >= 11 is 1.45. The highest BCUT2D eigenvalue weighted by atomic mass is 32.2. The number of aromatic amines is 1. The highest BCUT2D eigenvalue weighted by molar-refractivity contribution is 8.00. The lowest BCUT2D eigenvalue weighted by molar-refractivity contribution is -0.120. The molecule has 1 amide bonds. The molecule has 0 saturated carbocycles. The Hall–Kier alpha value is -2.51. The number of amides is 1. The fourth-order valence-corrected chi connectivity index (χ4v) is 4.58. The van der Waals surface area contributed by atoms with Crippen molar-refractivity contribution >= 4 is 28.7 Å². The largest absolute Gasteiger partial charge is 0.494 e. The molecule has 2 atom stereocenters. The van der Waals surface area contributed by atoms with Gasteiger partial charge < -0.3 is 15.0 Å². The number of nitrogens with zero attached hydrogens (tertiary/aromatic N) is 2. The first-order valence-corrected chi connectivity index (χ1v) is 11.3. The maximum atomic E-state index is 12.7. The van der Waals surface area contributed by atoms with Crippen LogP contribution in [0.3, 0.4) is 0 Å². The molecule has 158 valence electrons. The van der Waals surface area contributed by atoms with E-state index in [2.05, 4.69) is 44.5 Å². The molecule has 1 saturated heterocycles. The summed E-state index contributed by atoms with van der Waals surface area (Å²) in [7, 11) is 0. The monoisotopic (exact) mass is 424 g/mol. The Bertz CT molecular complexity index is 991. The molecule has 2 N–H and O–H groups in total. The van der Waals surface area contributed by atoms with Crippen molar-refractivity contribution in [2.24, 2.45) is 0 Å². The van der Waals surface area contributed by atoms with Crippen LogP contribution < -0.4 is 10.1 Å². The SMILES string of the molecule is CCOc1ccc2nc(SC(C)C(=O)NC3CCN(Cc4ccccc4)C3)[nH]c2c1. The van der Waals surface area contributed by atoms with E-state index in [0.717, 1.165) is 48.0 Å². The van der Waals surface area contributed by atoms with Gasteiger partial charge in [0, 0.05) is 31.7 Å². The molecule has 7 heteroatoms. The topological polar surface area (TPSA) is 70.2 Å². The molecule has 4 rings (SSSR count). The van der Waals surface area contributed by atoms with E-state index in [1.807, 2.05) is 38.1 Å². The Labute approximate surface area is 181 Å². The first-order chi connectivity index (χ1) is 14.6. The van der Waals surface area contributed by atoms with Gasteiger partial charge >= 0.3 is 0 Å². The number of carbonyl (C=O) groups excluding carboxylic acids is 1. The fourth-order valence-electron chi connectivity index (χ4n) is 3.75. The van der Waals surface area contributed by atoms with Gasteiger partial charge in [-0.3, -0.25) is 9.69 Å². The van der Waals surface area contributed by atoms with Gasteiger partial charge in [-0.05, 0) is 38.0 Å². The van der Waals surface area contributed by atoms with E-state index < -0.39 is 0 Å². The number of hydrogen-bond donors (Lipinski definition) is 2. The Kier molecular flexibility index (Phi) is 6.59. The predicted octanol–water partition coefficient (Wildman–Crippen LogP) is 3.83. The Morgan fingerprint density at radius 1 is 1.33 bits per heavy atom. The molecule has 1 aromatic heterocycles. The van der Waals surface area contributed by atoms with Gasteiger partial charge in [-0.15, -0.1) is 0 Å². The number of ether oxygens (including phenoxy) is 1. The lowest BCUT2D eigenvalue weighted by atomic mass is 10.2. The maximum Gasteiger partial charge on any atom is 0.233 e. The average Bonchev–Trinajstić information content (AvgIpc) is 3.34. The van der Waals surface area contributed by atoms with Crippen LogP contribution in [0.15, 0.2) is 53.7 Å². The number of rotatable bonds is 8. The summed E-state index contributed by atoms with van der Waals surface area (Å²) in [5.74, 6) is 0.874. The number of likely N-dealkylation sites (tertiary alicyclic amines) is 1. The van der Waals surface area contributed by atoms with Crippen LogP contribution in [0.2, 0.25) is 0 Å². The lowest BCUT2D eigenvalue weighted by Gasteiger charge is -2.18. The molecule has 0 radical (unpaired) electrons. The van der Waals surface area contributed by atoms with Crippen molar-refractivity contribution < 1.29 is 9.53 Å². The zero-order valence-corrected chi connectivity index (χ0v) is 18.2. The standard InChI is InChI=1S/C23H28N4O2S/c1-3-29-19-9-10-20-21(13-19)26-23(25-20)30-16(2)22(28)24-18-11-12-27(15-18)14-17-7-5-4-6-8-17/h4-10,13,16,18H,3,11-12,14-15H2,1-2H3,(H,24,28)(H,25,26). The lowest BCUT2D eigenvalue weighted by Crippen LogP contribution is -2.40. The van der Waals surface area contributed by atoms with Crippen LogP contribution in [-0.4, -0.2) is 51.8 Å². The van der Waals surface area contributed by atoms with Gasteiger partial charge in [0.15, 0.2) is 5.16 Å². The molecule has 1 aliphatic rings. The number of hydrogen-bond acceptors (Lipinski definition) is 5. The van der Waals surface area contributed by atoms with Gasteiger partial charge in [0.05, 0.1) is 22.9 Å². The van der Waals surface area contributed by atoms with E-state index in [-0.39, 0.29) is 17.2 Å². The first-order valence-electron chi connectivity index (χ1n) is 10.5. The summed E-state index contributed by atoms with van der Waals surface area (Å²) in [6.45, 7) is 7.35. The molecule has 0 aliphatic carbocycles. The third-order valence-electron chi connectivity index (χ3n) is 5.27. The summed E-state index contributed by atoms with van der Waals surface area (Å²) in [4.78, 5) is 23.0. The molecule has 2 aromatic carbocycles. The normalized spacial score (nSPS) is 17.9. The molecule has 2 unspecified atom stereocenters. The number of H-pyrrole nitrogens is 1. The van der Waals surface area contributed by atoms with Crippen LogP contribution in [0.5, 0.6) is 5.75 Å². The molecular formula is C23H28N4O2S. The first kappa shape index (κ1) is 20.8. The van der Waals surface area contributed by atoms with Crippen LogP contribution in [0.25, 0.3) is 11.0 Å². The van der Waals surface area contributed by atoms with Crippen molar-refractivity contribution in [3.8, 4) is 5.75 Å². The molecule has 0 bridgehead atoms. The number of nitrogens with one attached hydrogen (secondary N) is 2. The molecule has 3 aromatic rings. The molecule has 1 fully saturated rings. The summed E-state index contributed by atoms with van der Waals surface area (Å²) < 4.78 is 5.54. The summed E-state index contributed by atoms with van der Waals surface area (Å²) in [6.07, 6.45) is 0.987. The van der Waals surface area contributed by atoms with Crippen molar-refractivity contribution in [1.29, 1.82) is 0 Å². The minimum absolute atomic E-state index is 0.0574. The van der Waals surface area contributed by atoms with E-state index in [4.69, 9.17) is 4.74 Å². The highest BCUT2D eigenvalue weighted by Crippen LogP contribution is 2.26. The fraction of sp³-hybridized carbons (Fsp3) is 0.391. The highest BCUT2D eigenvalue weighted by Gasteiger charge is 2.26. The van der Waals surface area contributed by atoms with Crippen molar-refractivity contribution in [3.05, 3.63) is 54.1 Å². The van der Waals surface area contributed by atoms with E-state index in [0.29, 0.717) is 6.61 Å². The summed E-state index contributed by atoms with van der Waals surface area (Å²) in [6, 6.07) is 16.5. The molecule has 0 spiro atoms. The molecule has 1 aliphatic heterocycles. The van der Waals surface area contributed by atoms with E-state index in [1.54, 1.807) is 0 Å². The van der Waals surface area contributed by atoms with E-state index >= 15 is 0 Å². The molecular weight excluding hydrogens is 396 g/mol.